The Morgan fingerprint density at radius 3 is 2.79 bits per heavy atom. The van der Waals surface area contributed by atoms with Crippen molar-refractivity contribution in [2.45, 2.75) is 45.6 Å². The lowest BCUT2D eigenvalue weighted by atomic mass is 10.1. The number of carbonyl (C=O) groups excluding carboxylic acids is 1. The van der Waals surface area contributed by atoms with Gasteiger partial charge in [0, 0.05) is 25.7 Å². The van der Waals surface area contributed by atoms with Gasteiger partial charge < -0.3 is 14.2 Å². The van der Waals surface area contributed by atoms with E-state index in [9.17, 15) is 4.79 Å². The molecule has 0 N–H and O–H groups in total. The highest BCUT2D eigenvalue weighted by Crippen LogP contribution is 2.28. The number of likely N-dealkylation sites (tertiary alicyclic amines) is 1. The van der Waals surface area contributed by atoms with E-state index in [-0.39, 0.29) is 11.9 Å². The maximum atomic E-state index is 12.9. The van der Waals surface area contributed by atoms with Crippen LogP contribution in [0.5, 0.6) is 5.75 Å². The number of imidazole rings is 1. The Morgan fingerprint density at radius 1 is 1.21 bits per heavy atom. The Bertz CT molecular complexity index is 980. The monoisotopic (exact) mass is 392 g/mol. The minimum atomic E-state index is 0.172. The zero-order chi connectivity index (χ0) is 20.2. The van der Waals surface area contributed by atoms with Gasteiger partial charge in [0.05, 0.1) is 19.1 Å². The van der Waals surface area contributed by atoms with Gasteiger partial charge in [-0.2, -0.15) is 0 Å². The first kappa shape index (κ1) is 19.4. The zero-order valence-electron chi connectivity index (χ0n) is 17.2. The third-order valence-corrected chi connectivity index (χ3v) is 5.47. The summed E-state index contributed by atoms with van der Waals surface area (Å²) in [5.74, 6) is 2.09. The average Bonchev–Trinajstić information content (AvgIpc) is 3.34. The summed E-state index contributed by atoms with van der Waals surface area (Å²) in [6, 6.07) is 12.0. The Balaban J connectivity index is 1.47. The minimum Gasteiger partial charge on any atom is -0.494 e. The van der Waals surface area contributed by atoms with Crippen LogP contribution in [0.4, 0.5) is 0 Å². The van der Waals surface area contributed by atoms with Crippen molar-refractivity contribution >= 4 is 17.1 Å². The molecule has 1 aromatic carbocycles. The quantitative estimate of drug-likeness (QED) is 0.614. The van der Waals surface area contributed by atoms with Crippen molar-refractivity contribution in [3.63, 3.8) is 0 Å². The zero-order valence-corrected chi connectivity index (χ0v) is 17.2. The fraction of sp³-hybridized carbons (Fsp3) is 0.435. The summed E-state index contributed by atoms with van der Waals surface area (Å²) in [4.78, 5) is 24.2. The number of amides is 1. The van der Waals surface area contributed by atoms with Crippen molar-refractivity contribution in [2.75, 3.05) is 19.7 Å². The molecule has 0 unspecified atom stereocenters. The molecule has 1 aliphatic rings. The largest absolute Gasteiger partial charge is 0.494 e. The lowest BCUT2D eigenvalue weighted by molar-refractivity contribution is -0.129. The normalized spacial score (nSPS) is 16.5. The maximum Gasteiger partial charge on any atom is 0.227 e. The van der Waals surface area contributed by atoms with Gasteiger partial charge in [0.1, 0.15) is 17.1 Å². The van der Waals surface area contributed by atoms with E-state index in [1.807, 2.05) is 54.4 Å². The van der Waals surface area contributed by atoms with Crippen molar-refractivity contribution in [1.29, 1.82) is 0 Å². The molecule has 0 bridgehead atoms. The van der Waals surface area contributed by atoms with Gasteiger partial charge in [0.2, 0.25) is 5.91 Å². The molecular weight excluding hydrogens is 364 g/mol. The van der Waals surface area contributed by atoms with Crippen LogP contribution in [0.1, 0.15) is 44.1 Å². The number of nitrogens with zero attached hydrogens (tertiary/aromatic N) is 4. The molecule has 1 saturated heterocycles. The van der Waals surface area contributed by atoms with E-state index < -0.39 is 0 Å². The standard InChI is InChI=1S/C23H28N4O2/c1-3-6-21-25-20-7-5-13-24-23(20)27(21)18-12-14-26(16-18)22(28)15-17-8-10-19(11-9-17)29-4-2/h5,7-11,13,18H,3-4,6,12,14-16H2,1-2H3/t18-/m1/s1. The van der Waals surface area contributed by atoms with Crippen LogP contribution in [-0.4, -0.2) is 45.0 Å². The summed E-state index contributed by atoms with van der Waals surface area (Å²) in [5.41, 5.74) is 2.89. The van der Waals surface area contributed by atoms with Gasteiger partial charge in [0.25, 0.3) is 0 Å². The number of pyridine rings is 1. The fourth-order valence-corrected chi connectivity index (χ4v) is 4.10. The van der Waals surface area contributed by atoms with Crippen LogP contribution in [0.2, 0.25) is 0 Å². The molecule has 2 aromatic heterocycles. The number of carbonyl (C=O) groups is 1. The summed E-state index contributed by atoms with van der Waals surface area (Å²) in [6.45, 7) is 6.27. The number of hydrogen-bond acceptors (Lipinski definition) is 4. The van der Waals surface area contributed by atoms with Crippen molar-refractivity contribution < 1.29 is 9.53 Å². The summed E-state index contributed by atoms with van der Waals surface area (Å²) in [5, 5.41) is 0. The smallest absolute Gasteiger partial charge is 0.227 e. The summed E-state index contributed by atoms with van der Waals surface area (Å²) in [7, 11) is 0. The molecule has 0 saturated carbocycles. The number of hydrogen-bond donors (Lipinski definition) is 0. The molecule has 29 heavy (non-hydrogen) atoms. The Hall–Kier alpha value is -2.89. The highest BCUT2D eigenvalue weighted by Gasteiger charge is 2.30. The van der Waals surface area contributed by atoms with Crippen LogP contribution in [0.25, 0.3) is 11.2 Å². The first-order valence-corrected chi connectivity index (χ1v) is 10.5. The number of fused-ring (bicyclic) bond motifs is 1. The average molecular weight is 393 g/mol. The fourth-order valence-electron chi connectivity index (χ4n) is 4.10. The van der Waals surface area contributed by atoms with E-state index in [1.54, 1.807) is 0 Å². The van der Waals surface area contributed by atoms with Gasteiger partial charge in [0.15, 0.2) is 5.65 Å². The van der Waals surface area contributed by atoms with Crippen LogP contribution >= 0.6 is 0 Å². The minimum absolute atomic E-state index is 0.172. The molecule has 1 aliphatic heterocycles. The van der Waals surface area contributed by atoms with Crippen LogP contribution in [-0.2, 0) is 17.6 Å². The summed E-state index contributed by atoms with van der Waals surface area (Å²) >= 11 is 0. The van der Waals surface area contributed by atoms with Crippen molar-refractivity contribution in [3.8, 4) is 5.75 Å². The van der Waals surface area contributed by atoms with Crippen LogP contribution in [0.15, 0.2) is 42.6 Å². The molecule has 1 amide bonds. The van der Waals surface area contributed by atoms with Crippen LogP contribution in [0, 0.1) is 0 Å². The van der Waals surface area contributed by atoms with Crippen LogP contribution < -0.4 is 4.74 Å². The molecule has 6 heteroatoms. The molecule has 1 fully saturated rings. The first-order valence-electron chi connectivity index (χ1n) is 10.5. The number of ether oxygens (including phenoxy) is 1. The lowest BCUT2D eigenvalue weighted by Crippen LogP contribution is -2.30. The highest BCUT2D eigenvalue weighted by atomic mass is 16.5. The van der Waals surface area contributed by atoms with Gasteiger partial charge in [-0.05, 0) is 49.6 Å². The van der Waals surface area contributed by atoms with Crippen molar-refractivity contribution in [1.82, 2.24) is 19.4 Å². The predicted octanol–water partition coefficient (Wildman–Crippen LogP) is 3.80. The van der Waals surface area contributed by atoms with E-state index in [0.29, 0.717) is 19.6 Å². The maximum absolute atomic E-state index is 12.9. The SMILES string of the molecule is CCCc1nc2cccnc2n1[C@@H]1CCN(C(=O)Cc2ccc(OCC)cc2)C1. The van der Waals surface area contributed by atoms with Gasteiger partial charge in [-0.15, -0.1) is 0 Å². The van der Waals surface area contributed by atoms with E-state index in [1.165, 1.54) is 0 Å². The van der Waals surface area contributed by atoms with Gasteiger partial charge in [-0.3, -0.25) is 4.79 Å². The molecule has 6 nitrogen and oxygen atoms in total. The Labute approximate surface area is 171 Å². The molecule has 0 aliphatic carbocycles. The topological polar surface area (TPSA) is 60.2 Å². The number of rotatable bonds is 7. The molecular formula is C23H28N4O2. The van der Waals surface area contributed by atoms with Gasteiger partial charge in [-0.1, -0.05) is 19.1 Å². The molecule has 3 aromatic rings. The van der Waals surface area contributed by atoms with E-state index >= 15 is 0 Å². The molecule has 0 spiro atoms. The Kier molecular flexibility index (Phi) is 5.79. The first-order chi connectivity index (χ1) is 14.2. The summed E-state index contributed by atoms with van der Waals surface area (Å²) < 4.78 is 7.74. The van der Waals surface area contributed by atoms with E-state index in [2.05, 4.69) is 16.5 Å². The van der Waals surface area contributed by atoms with Gasteiger partial charge in [-0.25, -0.2) is 9.97 Å². The second-order valence-electron chi connectivity index (χ2n) is 7.53. The van der Waals surface area contributed by atoms with Crippen molar-refractivity contribution in [3.05, 3.63) is 54.0 Å². The summed E-state index contributed by atoms with van der Waals surface area (Å²) in [6.07, 6.45) is 5.14. The second kappa shape index (κ2) is 8.64. The third-order valence-electron chi connectivity index (χ3n) is 5.47. The van der Waals surface area contributed by atoms with E-state index in [0.717, 1.165) is 54.1 Å². The number of aryl methyl sites for hydroxylation is 1. The Morgan fingerprint density at radius 2 is 2.03 bits per heavy atom. The molecule has 0 radical (unpaired) electrons. The predicted molar refractivity (Wildman–Crippen MR) is 113 cm³/mol. The molecule has 4 rings (SSSR count). The molecule has 152 valence electrons. The van der Waals surface area contributed by atoms with E-state index in [4.69, 9.17) is 9.72 Å². The molecule has 1 atom stereocenters. The van der Waals surface area contributed by atoms with Crippen molar-refractivity contribution in [2.24, 2.45) is 0 Å². The number of benzene rings is 1. The lowest BCUT2D eigenvalue weighted by Gasteiger charge is -2.19. The number of aromatic nitrogens is 3. The highest BCUT2D eigenvalue weighted by molar-refractivity contribution is 5.79. The third kappa shape index (κ3) is 4.11. The molecule has 3 heterocycles. The van der Waals surface area contributed by atoms with Crippen LogP contribution in [0.3, 0.4) is 0 Å². The van der Waals surface area contributed by atoms with Gasteiger partial charge >= 0.3 is 0 Å². The second-order valence-corrected chi connectivity index (χ2v) is 7.53.